The van der Waals surface area contributed by atoms with Crippen molar-refractivity contribution in [1.82, 2.24) is 20.6 Å². The summed E-state index contributed by atoms with van der Waals surface area (Å²) in [6.07, 6.45) is 7.53. The first-order chi connectivity index (χ1) is 16.1. The van der Waals surface area contributed by atoms with Crippen molar-refractivity contribution < 1.29 is 9.59 Å². The molecule has 2 heterocycles. The van der Waals surface area contributed by atoms with Gasteiger partial charge in [0.25, 0.3) is 11.1 Å². The average molecular weight is 460 g/mol. The molecule has 2 aliphatic rings. The summed E-state index contributed by atoms with van der Waals surface area (Å²) in [7, 11) is 0. The van der Waals surface area contributed by atoms with Crippen molar-refractivity contribution in [1.29, 1.82) is 0 Å². The van der Waals surface area contributed by atoms with E-state index in [0.717, 1.165) is 44.0 Å². The van der Waals surface area contributed by atoms with Gasteiger partial charge in [-0.25, -0.2) is 9.97 Å². The van der Waals surface area contributed by atoms with Gasteiger partial charge in [0, 0.05) is 24.8 Å². The van der Waals surface area contributed by atoms with Crippen LogP contribution in [-0.2, 0) is 11.3 Å². The van der Waals surface area contributed by atoms with E-state index in [1.54, 1.807) is 18.3 Å². The fourth-order valence-corrected chi connectivity index (χ4v) is 5.07. The van der Waals surface area contributed by atoms with E-state index < -0.39 is 0 Å². The zero-order valence-corrected chi connectivity index (χ0v) is 18.9. The lowest BCUT2D eigenvalue weighted by Gasteiger charge is -2.30. The van der Waals surface area contributed by atoms with Gasteiger partial charge < -0.3 is 10.6 Å². The number of hydrogen-bond acceptors (Lipinski definition) is 7. The summed E-state index contributed by atoms with van der Waals surface area (Å²) in [6, 6.07) is 17.5. The molecule has 1 saturated carbocycles. The second-order valence-electron chi connectivity index (χ2n) is 8.37. The molecule has 1 saturated heterocycles. The van der Waals surface area contributed by atoms with Crippen LogP contribution >= 0.6 is 11.8 Å². The smallest absolute Gasteiger partial charge is 0.290 e. The molecular formula is C25H25N5O2S. The molecule has 0 spiro atoms. The van der Waals surface area contributed by atoms with Gasteiger partial charge in [0.1, 0.15) is 0 Å². The molecular weight excluding hydrogens is 434 g/mol. The highest BCUT2D eigenvalue weighted by atomic mass is 32.2. The molecule has 0 unspecified atom stereocenters. The molecule has 7 nitrogen and oxygen atoms in total. The van der Waals surface area contributed by atoms with Crippen LogP contribution in [0.15, 0.2) is 59.6 Å². The first-order valence-electron chi connectivity index (χ1n) is 11.2. The van der Waals surface area contributed by atoms with Gasteiger partial charge in [0.05, 0.1) is 10.6 Å². The Kier molecular flexibility index (Phi) is 6.37. The van der Waals surface area contributed by atoms with Crippen LogP contribution in [0.1, 0.15) is 36.9 Å². The second-order valence-corrected chi connectivity index (χ2v) is 9.38. The zero-order valence-electron chi connectivity index (χ0n) is 18.1. The van der Waals surface area contributed by atoms with E-state index in [1.165, 1.54) is 16.3 Å². The van der Waals surface area contributed by atoms with Gasteiger partial charge in [-0.1, -0.05) is 42.5 Å². The highest BCUT2D eigenvalue weighted by Gasteiger charge is 2.25. The lowest BCUT2D eigenvalue weighted by molar-refractivity contribution is -0.115. The van der Waals surface area contributed by atoms with Gasteiger partial charge in [-0.15, -0.1) is 0 Å². The molecule has 8 heteroatoms. The van der Waals surface area contributed by atoms with Crippen LogP contribution in [0.2, 0.25) is 0 Å². The third-order valence-electron chi connectivity index (χ3n) is 6.12. The minimum Gasteiger partial charge on any atom is -0.351 e. The maximum absolute atomic E-state index is 11.7. The second kappa shape index (κ2) is 9.72. The number of anilines is 1. The van der Waals surface area contributed by atoms with E-state index in [0.29, 0.717) is 28.6 Å². The molecule has 0 radical (unpaired) electrons. The summed E-state index contributed by atoms with van der Waals surface area (Å²) in [4.78, 5) is 32.2. The van der Waals surface area contributed by atoms with Crippen molar-refractivity contribution in [2.45, 2.75) is 44.3 Å². The molecule has 1 aromatic heterocycles. The highest BCUT2D eigenvalue weighted by Crippen LogP contribution is 2.26. The minimum atomic E-state index is -0.382. The van der Waals surface area contributed by atoms with Gasteiger partial charge in [0.15, 0.2) is 0 Å². The molecule has 168 valence electrons. The van der Waals surface area contributed by atoms with Crippen LogP contribution < -0.4 is 16.0 Å². The van der Waals surface area contributed by atoms with Crippen LogP contribution in [0.4, 0.5) is 10.7 Å². The topological polar surface area (TPSA) is 96.0 Å². The third-order valence-corrected chi connectivity index (χ3v) is 6.93. The molecule has 2 fully saturated rings. The Balaban J connectivity index is 1.14. The molecule has 0 atom stereocenters. The van der Waals surface area contributed by atoms with Crippen molar-refractivity contribution in [3.8, 4) is 0 Å². The molecule has 1 aliphatic heterocycles. The Hall–Kier alpha value is -3.23. The number of carbonyl (C=O) groups is 2. The summed E-state index contributed by atoms with van der Waals surface area (Å²) in [5.41, 5.74) is 1.94. The summed E-state index contributed by atoms with van der Waals surface area (Å²) < 4.78 is 0. The number of rotatable bonds is 6. The minimum absolute atomic E-state index is 0.314. The number of amides is 2. The number of fused-ring (bicyclic) bond motifs is 1. The maximum Gasteiger partial charge on any atom is 0.290 e. The van der Waals surface area contributed by atoms with Crippen LogP contribution in [0.3, 0.4) is 0 Å². The SMILES string of the molecule is O=C1NC(=O)/C(=C/c2ccnc(NC3CCC(NCc4cccc5ccccc45)CC3)n2)S1. The first-order valence-corrected chi connectivity index (χ1v) is 12.0. The Morgan fingerprint density at radius 2 is 1.79 bits per heavy atom. The molecule has 2 aromatic carbocycles. The molecule has 2 amide bonds. The number of nitrogens with zero attached hydrogens (tertiary/aromatic N) is 2. The number of hydrogen-bond donors (Lipinski definition) is 3. The average Bonchev–Trinajstić information content (AvgIpc) is 3.15. The number of aromatic nitrogens is 2. The van der Waals surface area contributed by atoms with E-state index in [-0.39, 0.29) is 11.1 Å². The zero-order chi connectivity index (χ0) is 22.6. The van der Waals surface area contributed by atoms with Crippen LogP contribution in [0.25, 0.3) is 16.8 Å². The fourth-order valence-electron chi connectivity index (χ4n) is 4.40. The van der Waals surface area contributed by atoms with E-state index >= 15 is 0 Å². The van der Waals surface area contributed by atoms with E-state index in [2.05, 4.69) is 68.4 Å². The summed E-state index contributed by atoms with van der Waals surface area (Å²) >= 11 is 0.887. The monoisotopic (exact) mass is 459 g/mol. The predicted molar refractivity (Wildman–Crippen MR) is 132 cm³/mol. The first kappa shape index (κ1) is 21.6. The van der Waals surface area contributed by atoms with Crippen molar-refractivity contribution in [3.63, 3.8) is 0 Å². The summed E-state index contributed by atoms with van der Waals surface area (Å²) in [5, 5.41) is 11.7. The maximum atomic E-state index is 11.7. The van der Waals surface area contributed by atoms with E-state index in [4.69, 9.17) is 0 Å². The van der Waals surface area contributed by atoms with Crippen molar-refractivity contribution >= 4 is 45.7 Å². The Bertz CT molecular complexity index is 1210. The summed E-state index contributed by atoms with van der Waals surface area (Å²) in [6.45, 7) is 0.873. The van der Waals surface area contributed by atoms with E-state index in [9.17, 15) is 9.59 Å². The molecule has 3 N–H and O–H groups in total. The summed E-state index contributed by atoms with van der Waals surface area (Å²) in [5.74, 6) is 0.165. The largest absolute Gasteiger partial charge is 0.351 e. The fraction of sp³-hybridized carbons (Fsp3) is 0.280. The number of thioether (sulfide) groups is 1. The van der Waals surface area contributed by atoms with Gasteiger partial charge in [-0.3, -0.25) is 14.9 Å². The normalized spacial score (nSPS) is 22.0. The number of imide groups is 1. The van der Waals surface area contributed by atoms with Crippen LogP contribution in [-0.4, -0.2) is 33.2 Å². The lowest BCUT2D eigenvalue weighted by atomic mass is 9.91. The third kappa shape index (κ3) is 5.23. The molecule has 3 aromatic rings. The predicted octanol–water partition coefficient (Wildman–Crippen LogP) is 4.47. The van der Waals surface area contributed by atoms with Crippen LogP contribution in [0, 0.1) is 0 Å². The molecule has 5 rings (SSSR count). The highest BCUT2D eigenvalue weighted by molar-refractivity contribution is 8.18. The Labute approximate surface area is 196 Å². The number of carbonyl (C=O) groups excluding carboxylic acids is 2. The van der Waals surface area contributed by atoms with Gasteiger partial charge in [-0.05, 0) is 65.9 Å². The molecule has 1 aliphatic carbocycles. The lowest BCUT2D eigenvalue weighted by Crippen LogP contribution is -2.36. The van der Waals surface area contributed by atoms with Crippen molar-refractivity contribution in [2.75, 3.05) is 5.32 Å². The van der Waals surface area contributed by atoms with Gasteiger partial charge in [0.2, 0.25) is 5.95 Å². The quantitative estimate of drug-likeness (QED) is 0.468. The standard InChI is InChI=1S/C25H25N5O2S/c31-23-22(33-25(32)30-23)14-20-12-13-26-24(29-20)28-19-10-8-18(9-11-19)27-15-17-6-3-5-16-4-1-2-7-21(16)17/h1-7,12-14,18-19,27H,8-11,15H2,(H,26,28,29)(H,30,31,32)/b22-14-. The van der Waals surface area contributed by atoms with Crippen LogP contribution in [0.5, 0.6) is 0 Å². The number of benzene rings is 2. The molecule has 0 bridgehead atoms. The van der Waals surface area contributed by atoms with Crippen molar-refractivity contribution in [3.05, 3.63) is 70.9 Å². The molecule has 33 heavy (non-hydrogen) atoms. The van der Waals surface area contributed by atoms with Gasteiger partial charge >= 0.3 is 0 Å². The Morgan fingerprint density at radius 3 is 2.61 bits per heavy atom. The van der Waals surface area contributed by atoms with Crippen molar-refractivity contribution in [2.24, 2.45) is 0 Å². The van der Waals surface area contributed by atoms with E-state index in [1.807, 2.05) is 0 Å². The Morgan fingerprint density at radius 1 is 1.00 bits per heavy atom. The number of nitrogens with one attached hydrogen (secondary N) is 3. The van der Waals surface area contributed by atoms with Gasteiger partial charge in [-0.2, -0.15) is 0 Å².